The Hall–Kier alpha value is -2.81. The van der Waals surface area contributed by atoms with Crippen LogP contribution in [0.4, 0.5) is 0 Å². The summed E-state index contributed by atoms with van der Waals surface area (Å²) in [6.45, 7) is 1.42. The van der Waals surface area contributed by atoms with Crippen LogP contribution in [0.3, 0.4) is 0 Å². The summed E-state index contributed by atoms with van der Waals surface area (Å²) < 4.78 is 0. The SMILES string of the molecule is CC(=O)C1=C(c2ccccc2)N=C(c2ccccc2)CC1=O. The molecule has 3 heteroatoms. The van der Waals surface area contributed by atoms with E-state index in [4.69, 9.17) is 0 Å². The summed E-state index contributed by atoms with van der Waals surface area (Å²) in [5, 5.41) is 0. The van der Waals surface area contributed by atoms with Crippen molar-refractivity contribution in [1.29, 1.82) is 0 Å². The molecule has 0 N–H and O–H groups in total. The second kappa shape index (κ2) is 5.90. The molecule has 2 aromatic rings. The number of ketones is 2. The number of allylic oxidation sites excluding steroid dienone is 1. The first-order valence-electron chi connectivity index (χ1n) is 7.13. The van der Waals surface area contributed by atoms with E-state index in [1.807, 2.05) is 60.7 Å². The number of rotatable bonds is 3. The number of benzene rings is 2. The van der Waals surface area contributed by atoms with E-state index in [0.717, 1.165) is 11.1 Å². The van der Waals surface area contributed by atoms with Crippen LogP contribution in [-0.4, -0.2) is 17.3 Å². The summed E-state index contributed by atoms with van der Waals surface area (Å²) in [6, 6.07) is 19.0. The summed E-state index contributed by atoms with van der Waals surface area (Å²) in [7, 11) is 0. The van der Waals surface area contributed by atoms with E-state index >= 15 is 0 Å². The molecule has 1 aliphatic rings. The molecule has 0 atom stereocenters. The van der Waals surface area contributed by atoms with Gasteiger partial charge in [-0.15, -0.1) is 0 Å². The second-order valence-corrected chi connectivity index (χ2v) is 5.17. The van der Waals surface area contributed by atoms with E-state index in [-0.39, 0.29) is 23.6 Å². The quantitative estimate of drug-likeness (QED) is 0.812. The minimum atomic E-state index is -0.236. The number of carbonyl (C=O) groups is 2. The largest absolute Gasteiger partial charge is 0.294 e. The third-order valence-corrected chi connectivity index (χ3v) is 3.60. The molecule has 3 rings (SSSR count). The highest BCUT2D eigenvalue weighted by molar-refractivity contribution is 6.32. The van der Waals surface area contributed by atoms with Gasteiger partial charge in [0.1, 0.15) is 0 Å². The third-order valence-electron chi connectivity index (χ3n) is 3.60. The minimum absolute atomic E-state index is 0.162. The summed E-state index contributed by atoms with van der Waals surface area (Å²) in [6.07, 6.45) is 0.162. The van der Waals surface area contributed by atoms with Crippen LogP contribution in [0.5, 0.6) is 0 Å². The Balaban J connectivity index is 2.19. The monoisotopic (exact) mass is 289 g/mol. The Bertz CT molecular complexity index is 787. The van der Waals surface area contributed by atoms with Crippen molar-refractivity contribution in [2.75, 3.05) is 0 Å². The predicted octanol–water partition coefficient (Wildman–Crippen LogP) is 3.45. The van der Waals surface area contributed by atoms with Crippen molar-refractivity contribution in [1.82, 2.24) is 0 Å². The van der Waals surface area contributed by atoms with Crippen molar-refractivity contribution in [3.8, 4) is 0 Å². The number of nitrogens with zero attached hydrogens (tertiary/aromatic N) is 1. The van der Waals surface area contributed by atoms with E-state index in [1.54, 1.807) is 0 Å². The van der Waals surface area contributed by atoms with Crippen molar-refractivity contribution >= 4 is 23.0 Å². The highest BCUT2D eigenvalue weighted by Crippen LogP contribution is 2.28. The maximum atomic E-state index is 12.4. The average Bonchev–Trinajstić information content (AvgIpc) is 2.55. The summed E-state index contributed by atoms with van der Waals surface area (Å²) in [5.41, 5.74) is 3.07. The lowest BCUT2D eigenvalue weighted by molar-refractivity contribution is -0.119. The van der Waals surface area contributed by atoms with E-state index in [1.165, 1.54) is 6.92 Å². The fourth-order valence-electron chi connectivity index (χ4n) is 2.57. The van der Waals surface area contributed by atoms with Gasteiger partial charge in [-0.1, -0.05) is 60.7 Å². The average molecular weight is 289 g/mol. The van der Waals surface area contributed by atoms with Gasteiger partial charge in [-0.2, -0.15) is 0 Å². The molecule has 0 aliphatic carbocycles. The van der Waals surface area contributed by atoms with Crippen molar-refractivity contribution in [3.05, 3.63) is 77.4 Å². The molecule has 1 aliphatic heterocycles. The minimum Gasteiger partial charge on any atom is -0.294 e. The summed E-state index contributed by atoms with van der Waals surface area (Å²) in [4.78, 5) is 29.0. The number of hydrogen-bond donors (Lipinski definition) is 0. The highest BCUT2D eigenvalue weighted by atomic mass is 16.1. The lowest BCUT2D eigenvalue weighted by Gasteiger charge is -2.17. The number of hydrogen-bond acceptors (Lipinski definition) is 3. The molecular formula is C19H15NO2. The molecule has 0 amide bonds. The molecule has 0 fully saturated rings. The lowest BCUT2D eigenvalue weighted by Crippen LogP contribution is -2.21. The van der Waals surface area contributed by atoms with Gasteiger partial charge in [0.2, 0.25) is 0 Å². The van der Waals surface area contributed by atoms with Gasteiger partial charge in [0.15, 0.2) is 11.6 Å². The standard InChI is InChI=1S/C19H15NO2/c1-13(21)18-17(22)12-16(14-8-4-2-5-9-14)20-19(18)15-10-6-3-7-11-15/h2-11H,12H2,1H3. The van der Waals surface area contributed by atoms with Crippen molar-refractivity contribution in [2.45, 2.75) is 13.3 Å². The van der Waals surface area contributed by atoms with Gasteiger partial charge in [0.05, 0.1) is 23.4 Å². The predicted molar refractivity (Wildman–Crippen MR) is 86.6 cm³/mol. The molecular weight excluding hydrogens is 274 g/mol. The van der Waals surface area contributed by atoms with Crippen LogP contribution in [0.15, 0.2) is 71.2 Å². The van der Waals surface area contributed by atoms with Crippen LogP contribution in [0.1, 0.15) is 24.5 Å². The van der Waals surface area contributed by atoms with E-state index < -0.39 is 0 Å². The van der Waals surface area contributed by atoms with Gasteiger partial charge in [0.25, 0.3) is 0 Å². The van der Waals surface area contributed by atoms with E-state index in [0.29, 0.717) is 11.4 Å². The smallest absolute Gasteiger partial charge is 0.174 e. The summed E-state index contributed by atoms with van der Waals surface area (Å²) in [5.74, 6) is -0.403. The molecule has 2 aromatic carbocycles. The van der Waals surface area contributed by atoms with Gasteiger partial charge in [-0.25, -0.2) is 0 Å². The van der Waals surface area contributed by atoms with Gasteiger partial charge in [-0.3, -0.25) is 14.6 Å². The first kappa shape index (κ1) is 14.1. The zero-order valence-electron chi connectivity index (χ0n) is 12.2. The van der Waals surface area contributed by atoms with Crippen LogP contribution in [-0.2, 0) is 9.59 Å². The topological polar surface area (TPSA) is 46.5 Å². The molecule has 22 heavy (non-hydrogen) atoms. The fraction of sp³-hybridized carbons (Fsp3) is 0.105. The van der Waals surface area contributed by atoms with Gasteiger partial charge in [-0.05, 0) is 12.5 Å². The van der Waals surface area contributed by atoms with Crippen molar-refractivity contribution in [2.24, 2.45) is 4.99 Å². The second-order valence-electron chi connectivity index (χ2n) is 5.17. The maximum Gasteiger partial charge on any atom is 0.174 e. The van der Waals surface area contributed by atoms with Gasteiger partial charge in [0, 0.05) is 5.56 Å². The normalized spacial score (nSPS) is 14.8. The van der Waals surface area contributed by atoms with Crippen molar-refractivity contribution < 1.29 is 9.59 Å². The van der Waals surface area contributed by atoms with E-state index in [9.17, 15) is 9.59 Å². The molecule has 0 bridgehead atoms. The number of Topliss-reactive ketones (excluding diaryl/α,β-unsaturated/α-hetero) is 2. The number of carbonyl (C=O) groups excluding carboxylic acids is 2. The Kier molecular flexibility index (Phi) is 3.79. The first-order chi connectivity index (χ1) is 10.7. The van der Waals surface area contributed by atoms with Crippen LogP contribution in [0, 0.1) is 0 Å². The van der Waals surface area contributed by atoms with Crippen LogP contribution < -0.4 is 0 Å². The Morgan fingerprint density at radius 1 is 0.909 bits per heavy atom. The van der Waals surface area contributed by atoms with E-state index in [2.05, 4.69) is 4.99 Å². The fourth-order valence-corrected chi connectivity index (χ4v) is 2.57. The highest BCUT2D eigenvalue weighted by Gasteiger charge is 2.27. The Morgan fingerprint density at radius 2 is 1.45 bits per heavy atom. The molecule has 0 spiro atoms. The third kappa shape index (κ3) is 2.66. The molecule has 0 unspecified atom stereocenters. The molecule has 108 valence electrons. The molecule has 0 saturated carbocycles. The maximum absolute atomic E-state index is 12.4. The van der Waals surface area contributed by atoms with Crippen LogP contribution in [0.25, 0.3) is 5.70 Å². The molecule has 0 saturated heterocycles. The lowest BCUT2D eigenvalue weighted by atomic mass is 9.92. The molecule has 0 aromatic heterocycles. The van der Waals surface area contributed by atoms with Crippen molar-refractivity contribution in [3.63, 3.8) is 0 Å². The Labute approximate surface area is 129 Å². The first-order valence-corrected chi connectivity index (χ1v) is 7.13. The van der Waals surface area contributed by atoms with Gasteiger partial charge >= 0.3 is 0 Å². The Morgan fingerprint density at radius 3 is 2.00 bits per heavy atom. The van der Waals surface area contributed by atoms with Crippen LogP contribution >= 0.6 is 0 Å². The number of aliphatic imine (C=N–C) groups is 1. The van der Waals surface area contributed by atoms with Gasteiger partial charge < -0.3 is 0 Å². The molecule has 3 nitrogen and oxygen atoms in total. The summed E-state index contributed by atoms with van der Waals surface area (Å²) >= 11 is 0. The zero-order valence-corrected chi connectivity index (χ0v) is 12.2. The molecule has 1 heterocycles. The molecule has 0 radical (unpaired) electrons. The zero-order chi connectivity index (χ0) is 15.5. The van der Waals surface area contributed by atoms with Crippen LogP contribution in [0.2, 0.25) is 0 Å².